The van der Waals surface area contributed by atoms with Gasteiger partial charge in [-0.2, -0.15) is 0 Å². The third kappa shape index (κ3) is 4.29. The zero-order chi connectivity index (χ0) is 16.9. The summed E-state index contributed by atoms with van der Waals surface area (Å²) < 4.78 is 0. The van der Waals surface area contributed by atoms with Crippen LogP contribution in [0.3, 0.4) is 0 Å². The molecule has 0 aromatic heterocycles. The number of fused-ring (bicyclic) bond motifs is 1. The third-order valence-electron chi connectivity index (χ3n) is 5.35. The molecule has 2 atom stereocenters. The monoisotopic (exact) mass is 350 g/mol. The van der Waals surface area contributed by atoms with E-state index in [1.165, 1.54) is 5.56 Å². The highest BCUT2D eigenvalue weighted by atomic mass is 35.5. The lowest BCUT2D eigenvalue weighted by molar-refractivity contribution is -0.141. The van der Waals surface area contributed by atoms with Crippen LogP contribution < -0.4 is 0 Å². The van der Waals surface area contributed by atoms with Gasteiger partial charge in [-0.1, -0.05) is 23.7 Å². The molecule has 2 aliphatic heterocycles. The second kappa shape index (κ2) is 8.32. The molecule has 0 radical (unpaired) electrons. The SMILES string of the molecule is O=C1CC[C@H]2CN(Cc3ccc(Cl)cc3)CC[C@H]2N1CCCCO. The summed E-state index contributed by atoms with van der Waals surface area (Å²) in [4.78, 5) is 16.9. The van der Waals surface area contributed by atoms with E-state index in [4.69, 9.17) is 16.7 Å². The van der Waals surface area contributed by atoms with Gasteiger partial charge < -0.3 is 10.0 Å². The number of carbonyl (C=O) groups excluding carboxylic acids is 1. The summed E-state index contributed by atoms with van der Waals surface area (Å²) in [5.74, 6) is 0.887. The molecule has 5 heteroatoms. The van der Waals surface area contributed by atoms with Gasteiger partial charge in [0.15, 0.2) is 0 Å². The number of aliphatic hydroxyl groups is 1. The van der Waals surface area contributed by atoms with Gasteiger partial charge in [0.1, 0.15) is 0 Å². The number of nitrogens with zero attached hydrogens (tertiary/aromatic N) is 2. The summed E-state index contributed by atoms with van der Waals surface area (Å²) in [5.41, 5.74) is 1.30. The van der Waals surface area contributed by atoms with Crippen LogP contribution in [-0.4, -0.2) is 53.1 Å². The molecule has 1 N–H and O–H groups in total. The highest BCUT2D eigenvalue weighted by Crippen LogP contribution is 2.32. The van der Waals surface area contributed by atoms with Crippen molar-refractivity contribution in [3.8, 4) is 0 Å². The molecule has 0 saturated carbocycles. The number of piperidine rings is 2. The first-order valence-electron chi connectivity index (χ1n) is 9.04. The summed E-state index contributed by atoms with van der Waals surface area (Å²) >= 11 is 5.96. The highest BCUT2D eigenvalue weighted by molar-refractivity contribution is 6.30. The summed E-state index contributed by atoms with van der Waals surface area (Å²) in [6.45, 7) is 4.08. The molecule has 1 amide bonds. The second-order valence-corrected chi connectivity index (χ2v) is 7.47. The Balaban J connectivity index is 1.57. The van der Waals surface area contributed by atoms with E-state index in [0.29, 0.717) is 24.3 Å². The number of carbonyl (C=O) groups is 1. The number of aliphatic hydroxyl groups excluding tert-OH is 1. The van der Waals surface area contributed by atoms with E-state index in [-0.39, 0.29) is 6.61 Å². The van der Waals surface area contributed by atoms with Crippen LogP contribution in [0.2, 0.25) is 5.02 Å². The number of likely N-dealkylation sites (tertiary alicyclic amines) is 2. The number of halogens is 1. The normalized spacial score (nSPS) is 24.9. The maximum absolute atomic E-state index is 12.3. The lowest BCUT2D eigenvalue weighted by Gasteiger charge is -2.47. The molecule has 1 aromatic carbocycles. The number of hydrogen-bond acceptors (Lipinski definition) is 3. The van der Waals surface area contributed by atoms with E-state index < -0.39 is 0 Å². The van der Waals surface area contributed by atoms with Gasteiger partial charge in [0.25, 0.3) is 0 Å². The van der Waals surface area contributed by atoms with Gasteiger partial charge in [0, 0.05) is 50.3 Å². The van der Waals surface area contributed by atoms with Gasteiger partial charge in [0.2, 0.25) is 5.91 Å². The average molecular weight is 351 g/mol. The molecular weight excluding hydrogens is 324 g/mol. The van der Waals surface area contributed by atoms with Gasteiger partial charge in [0.05, 0.1) is 0 Å². The van der Waals surface area contributed by atoms with E-state index >= 15 is 0 Å². The Kier molecular flexibility index (Phi) is 6.14. The summed E-state index contributed by atoms with van der Waals surface area (Å²) in [6, 6.07) is 8.49. The fourth-order valence-corrected chi connectivity index (χ4v) is 4.23. The van der Waals surface area contributed by atoms with Crippen molar-refractivity contribution in [3.63, 3.8) is 0 Å². The topological polar surface area (TPSA) is 43.8 Å². The van der Waals surface area contributed by atoms with Crippen molar-refractivity contribution < 1.29 is 9.90 Å². The highest BCUT2D eigenvalue weighted by Gasteiger charge is 2.38. The van der Waals surface area contributed by atoms with Gasteiger partial charge >= 0.3 is 0 Å². The molecule has 1 aromatic rings. The van der Waals surface area contributed by atoms with E-state index in [0.717, 1.165) is 56.9 Å². The molecule has 132 valence electrons. The zero-order valence-corrected chi connectivity index (χ0v) is 14.9. The van der Waals surface area contributed by atoms with Crippen LogP contribution >= 0.6 is 11.6 Å². The predicted octanol–water partition coefficient (Wildman–Crippen LogP) is 2.93. The van der Waals surface area contributed by atoms with Crippen molar-refractivity contribution in [3.05, 3.63) is 34.9 Å². The Hall–Kier alpha value is -1.10. The smallest absolute Gasteiger partial charge is 0.222 e. The van der Waals surface area contributed by atoms with Crippen LogP contribution in [-0.2, 0) is 11.3 Å². The molecule has 2 heterocycles. The Morgan fingerprint density at radius 2 is 1.96 bits per heavy atom. The third-order valence-corrected chi connectivity index (χ3v) is 5.61. The minimum absolute atomic E-state index is 0.213. The molecule has 24 heavy (non-hydrogen) atoms. The van der Waals surface area contributed by atoms with Crippen LogP contribution in [0.15, 0.2) is 24.3 Å². The number of amides is 1. The Labute approximate surface area is 149 Å². The van der Waals surface area contributed by atoms with Crippen LogP contribution in [0.4, 0.5) is 0 Å². The molecule has 0 bridgehead atoms. The van der Waals surface area contributed by atoms with E-state index in [2.05, 4.69) is 21.9 Å². The minimum Gasteiger partial charge on any atom is -0.396 e. The van der Waals surface area contributed by atoms with Gasteiger partial charge in [-0.15, -0.1) is 0 Å². The molecule has 2 fully saturated rings. The molecule has 0 spiro atoms. The standard InChI is InChI=1S/C19H27ClN2O2/c20-17-6-3-15(4-7-17)13-21-11-9-18-16(14-21)5-8-19(24)22(18)10-1-2-12-23/h3-4,6-7,16,18,23H,1-2,5,8-14H2/t16-,18+/m0/s1. The van der Waals surface area contributed by atoms with Crippen molar-refractivity contribution in [2.45, 2.75) is 44.7 Å². The molecule has 3 rings (SSSR count). The maximum atomic E-state index is 12.3. The van der Waals surface area contributed by atoms with Crippen molar-refractivity contribution in [2.24, 2.45) is 5.92 Å². The van der Waals surface area contributed by atoms with Crippen molar-refractivity contribution in [1.82, 2.24) is 9.80 Å². The first kappa shape index (κ1) is 17.7. The number of benzene rings is 1. The predicted molar refractivity (Wildman–Crippen MR) is 95.9 cm³/mol. The van der Waals surface area contributed by atoms with E-state index in [1.807, 2.05) is 12.1 Å². The Morgan fingerprint density at radius 3 is 2.71 bits per heavy atom. The molecule has 4 nitrogen and oxygen atoms in total. The fourth-order valence-electron chi connectivity index (χ4n) is 4.10. The van der Waals surface area contributed by atoms with Crippen LogP contribution in [0.1, 0.15) is 37.7 Å². The molecular formula is C19H27ClN2O2. The van der Waals surface area contributed by atoms with E-state index in [1.54, 1.807) is 0 Å². The summed E-state index contributed by atoms with van der Waals surface area (Å²) in [5, 5.41) is 9.75. The minimum atomic E-state index is 0.213. The maximum Gasteiger partial charge on any atom is 0.222 e. The first-order chi connectivity index (χ1) is 11.7. The van der Waals surface area contributed by atoms with Crippen molar-refractivity contribution in [1.29, 1.82) is 0 Å². The van der Waals surface area contributed by atoms with Crippen molar-refractivity contribution in [2.75, 3.05) is 26.2 Å². The van der Waals surface area contributed by atoms with Crippen LogP contribution in [0.5, 0.6) is 0 Å². The van der Waals surface area contributed by atoms with Gasteiger partial charge in [-0.3, -0.25) is 9.69 Å². The number of hydrogen-bond donors (Lipinski definition) is 1. The quantitative estimate of drug-likeness (QED) is 0.802. The molecule has 2 saturated heterocycles. The Morgan fingerprint density at radius 1 is 1.17 bits per heavy atom. The van der Waals surface area contributed by atoms with Gasteiger partial charge in [-0.05, 0) is 49.3 Å². The molecule has 0 unspecified atom stereocenters. The first-order valence-corrected chi connectivity index (χ1v) is 9.42. The van der Waals surface area contributed by atoms with Gasteiger partial charge in [-0.25, -0.2) is 0 Å². The fraction of sp³-hybridized carbons (Fsp3) is 0.632. The van der Waals surface area contributed by atoms with E-state index in [9.17, 15) is 4.79 Å². The Bertz CT molecular complexity index is 549. The van der Waals surface area contributed by atoms with Crippen molar-refractivity contribution >= 4 is 17.5 Å². The zero-order valence-electron chi connectivity index (χ0n) is 14.2. The summed E-state index contributed by atoms with van der Waals surface area (Å²) in [6.07, 6.45) is 4.43. The average Bonchev–Trinajstić information content (AvgIpc) is 2.59. The molecule has 2 aliphatic rings. The second-order valence-electron chi connectivity index (χ2n) is 7.03. The molecule has 0 aliphatic carbocycles. The largest absolute Gasteiger partial charge is 0.396 e. The number of unbranched alkanes of at least 4 members (excludes halogenated alkanes) is 1. The summed E-state index contributed by atoms with van der Waals surface area (Å²) in [7, 11) is 0. The van der Waals surface area contributed by atoms with Crippen LogP contribution in [0, 0.1) is 5.92 Å². The van der Waals surface area contributed by atoms with Crippen LogP contribution in [0.25, 0.3) is 0 Å². The lowest BCUT2D eigenvalue weighted by Crippen LogP contribution is -2.55. The lowest BCUT2D eigenvalue weighted by atomic mass is 9.83. The number of rotatable bonds is 6.